The number of rotatable bonds is 2. The van der Waals surface area contributed by atoms with Gasteiger partial charge in [-0.05, 0) is 24.5 Å². The van der Waals surface area contributed by atoms with Crippen molar-refractivity contribution < 1.29 is 14.6 Å². The van der Waals surface area contributed by atoms with Crippen molar-refractivity contribution >= 4 is 6.09 Å². The fourth-order valence-corrected chi connectivity index (χ4v) is 2.93. The minimum atomic E-state index is -0.330. The molecule has 1 fully saturated rings. The normalized spacial score (nSPS) is 28.5. The topological polar surface area (TPSA) is 49.8 Å². The van der Waals surface area contributed by atoms with E-state index >= 15 is 0 Å². The third-order valence-electron chi connectivity index (χ3n) is 3.88. The Morgan fingerprint density at radius 2 is 2.11 bits per heavy atom. The number of amides is 1. The molecular weight excluding hydrogens is 242 g/mol. The molecule has 2 aliphatic heterocycles. The fourth-order valence-electron chi connectivity index (χ4n) is 2.93. The van der Waals surface area contributed by atoms with E-state index in [1.807, 2.05) is 24.3 Å². The van der Waals surface area contributed by atoms with Gasteiger partial charge in [0, 0.05) is 19.1 Å². The number of carbonyl (C=O) groups is 1. The molecule has 0 radical (unpaired) electrons. The van der Waals surface area contributed by atoms with Crippen LogP contribution in [-0.4, -0.2) is 35.3 Å². The number of piperidine rings is 1. The first-order chi connectivity index (χ1) is 9.28. The molecule has 0 aromatic heterocycles. The number of carbonyl (C=O) groups excluding carboxylic acids is 1. The minimum absolute atomic E-state index is 0.0359. The number of nitrogens with zero attached hydrogens (tertiary/aromatic N) is 1. The van der Waals surface area contributed by atoms with Crippen LogP contribution in [0.4, 0.5) is 4.79 Å². The molecule has 4 nitrogen and oxygen atoms in total. The number of hydrogen-bond donors (Lipinski definition) is 1. The van der Waals surface area contributed by atoms with Gasteiger partial charge in [-0.2, -0.15) is 0 Å². The van der Waals surface area contributed by atoms with E-state index in [0.29, 0.717) is 18.2 Å². The number of ether oxygens (including phenoxy) is 1. The van der Waals surface area contributed by atoms with Gasteiger partial charge in [0.25, 0.3) is 0 Å². The van der Waals surface area contributed by atoms with Crippen LogP contribution in [0.3, 0.4) is 0 Å². The Morgan fingerprint density at radius 3 is 2.79 bits per heavy atom. The predicted octanol–water partition coefficient (Wildman–Crippen LogP) is 2.05. The molecule has 3 atom stereocenters. The number of aliphatic hydroxyl groups excluding tert-OH is 1. The van der Waals surface area contributed by atoms with Crippen LogP contribution in [0.15, 0.2) is 42.5 Å². The SMILES string of the molecule is O=C(Oc1ccccc1)N1CC2C=CC1C(CO)C2. The molecule has 1 aromatic rings. The molecule has 1 aromatic carbocycles. The molecule has 4 rings (SSSR count). The molecule has 2 heterocycles. The van der Waals surface area contributed by atoms with Gasteiger partial charge in [-0.3, -0.25) is 0 Å². The highest BCUT2D eigenvalue weighted by Crippen LogP contribution is 2.34. The predicted molar refractivity (Wildman–Crippen MR) is 70.8 cm³/mol. The Kier molecular flexibility index (Phi) is 3.25. The molecule has 19 heavy (non-hydrogen) atoms. The van der Waals surface area contributed by atoms with Gasteiger partial charge in [0.2, 0.25) is 0 Å². The summed E-state index contributed by atoms with van der Waals surface area (Å²) in [4.78, 5) is 13.9. The van der Waals surface area contributed by atoms with E-state index in [-0.39, 0.29) is 24.7 Å². The summed E-state index contributed by atoms with van der Waals surface area (Å²) in [6, 6.07) is 9.04. The number of benzene rings is 1. The van der Waals surface area contributed by atoms with Crippen molar-refractivity contribution in [2.24, 2.45) is 11.8 Å². The highest BCUT2D eigenvalue weighted by molar-refractivity contribution is 5.72. The minimum Gasteiger partial charge on any atom is -0.410 e. The summed E-state index contributed by atoms with van der Waals surface area (Å²) in [7, 11) is 0. The Morgan fingerprint density at radius 1 is 1.32 bits per heavy atom. The molecule has 1 saturated heterocycles. The molecular formula is C15H17NO3. The largest absolute Gasteiger partial charge is 0.415 e. The molecule has 1 aliphatic carbocycles. The van der Waals surface area contributed by atoms with E-state index in [4.69, 9.17) is 4.74 Å². The first-order valence-electron chi connectivity index (χ1n) is 6.60. The summed E-state index contributed by atoms with van der Waals surface area (Å²) in [6.45, 7) is 0.796. The van der Waals surface area contributed by atoms with Gasteiger partial charge >= 0.3 is 6.09 Å². The average molecular weight is 259 g/mol. The Labute approximate surface area is 112 Å². The highest BCUT2D eigenvalue weighted by atomic mass is 16.6. The lowest BCUT2D eigenvalue weighted by Crippen LogP contribution is -2.54. The number of fused-ring (bicyclic) bond motifs is 2. The second-order valence-corrected chi connectivity index (χ2v) is 5.15. The zero-order valence-electron chi connectivity index (χ0n) is 10.6. The molecule has 1 amide bonds. The third kappa shape index (κ3) is 2.36. The summed E-state index contributed by atoms with van der Waals surface area (Å²) in [5.74, 6) is 1.02. The maximum Gasteiger partial charge on any atom is 0.415 e. The smallest absolute Gasteiger partial charge is 0.410 e. The van der Waals surface area contributed by atoms with Crippen LogP contribution >= 0.6 is 0 Å². The lowest BCUT2D eigenvalue weighted by atomic mass is 9.78. The monoisotopic (exact) mass is 259 g/mol. The van der Waals surface area contributed by atoms with E-state index < -0.39 is 0 Å². The van der Waals surface area contributed by atoms with E-state index in [2.05, 4.69) is 6.08 Å². The van der Waals surface area contributed by atoms with Crippen LogP contribution in [0, 0.1) is 11.8 Å². The van der Waals surface area contributed by atoms with Gasteiger partial charge in [0.1, 0.15) is 5.75 Å². The molecule has 1 N–H and O–H groups in total. The summed E-state index contributed by atoms with van der Waals surface area (Å²) in [5, 5.41) is 9.39. The van der Waals surface area contributed by atoms with E-state index in [0.717, 1.165) is 6.42 Å². The van der Waals surface area contributed by atoms with Gasteiger partial charge in [-0.15, -0.1) is 0 Å². The zero-order chi connectivity index (χ0) is 13.2. The van der Waals surface area contributed by atoms with Gasteiger partial charge in [0.15, 0.2) is 0 Å². The van der Waals surface area contributed by atoms with Crippen LogP contribution in [0.2, 0.25) is 0 Å². The van der Waals surface area contributed by atoms with Crippen LogP contribution in [0.25, 0.3) is 0 Å². The van der Waals surface area contributed by atoms with E-state index in [1.54, 1.807) is 17.0 Å². The molecule has 0 spiro atoms. The van der Waals surface area contributed by atoms with Gasteiger partial charge in [-0.1, -0.05) is 30.4 Å². The van der Waals surface area contributed by atoms with Crippen molar-refractivity contribution in [1.82, 2.24) is 4.90 Å². The van der Waals surface area contributed by atoms with Crippen molar-refractivity contribution in [1.29, 1.82) is 0 Å². The van der Waals surface area contributed by atoms with Gasteiger partial charge in [0.05, 0.1) is 6.04 Å². The van der Waals surface area contributed by atoms with Crippen LogP contribution in [0.5, 0.6) is 5.75 Å². The van der Waals surface area contributed by atoms with Crippen LogP contribution in [-0.2, 0) is 0 Å². The number of aliphatic hydroxyl groups is 1. The molecule has 4 heteroatoms. The summed E-state index contributed by atoms with van der Waals surface area (Å²) < 4.78 is 5.37. The van der Waals surface area contributed by atoms with Crippen molar-refractivity contribution in [3.63, 3.8) is 0 Å². The van der Waals surface area contributed by atoms with E-state index in [9.17, 15) is 9.90 Å². The quantitative estimate of drug-likeness (QED) is 0.827. The van der Waals surface area contributed by atoms with E-state index in [1.165, 1.54) is 0 Å². The van der Waals surface area contributed by atoms with Gasteiger partial charge < -0.3 is 14.7 Å². The fraction of sp³-hybridized carbons (Fsp3) is 0.400. The molecule has 2 bridgehead atoms. The van der Waals surface area contributed by atoms with Crippen molar-refractivity contribution in [3.05, 3.63) is 42.5 Å². The lowest BCUT2D eigenvalue weighted by molar-refractivity contribution is 0.0527. The molecule has 100 valence electrons. The Hall–Kier alpha value is -1.81. The summed E-state index contributed by atoms with van der Waals surface area (Å²) in [5.41, 5.74) is 0. The maximum atomic E-state index is 12.2. The van der Waals surface area contributed by atoms with Crippen molar-refractivity contribution in [2.45, 2.75) is 12.5 Å². The maximum absolute atomic E-state index is 12.2. The number of para-hydroxylation sites is 1. The number of hydrogen-bond acceptors (Lipinski definition) is 3. The summed E-state index contributed by atoms with van der Waals surface area (Å²) >= 11 is 0. The first kappa shape index (κ1) is 12.2. The molecule has 0 saturated carbocycles. The summed E-state index contributed by atoms with van der Waals surface area (Å²) in [6.07, 6.45) is 4.78. The van der Waals surface area contributed by atoms with Gasteiger partial charge in [-0.25, -0.2) is 4.79 Å². The van der Waals surface area contributed by atoms with Crippen LogP contribution in [0.1, 0.15) is 6.42 Å². The molecule has 3 unspecified atom stereocenters. The second kappa shape index (κ2) is 5.05. The average Bonchev–Trinajstić information content (AvgIpc) is 2.48. The lowest BCUT2D eigenvalue weighted by Gasteiger charge is -2.45. The Bertz CT molecular complexity index is 485. The third-order valence-corrected chi connectivity index (χ3v) is 3.88. The van der Waals surface area contributed by atoms with Crippen molar-refractivity contribution in [2.75, 3.05) is 13.2 Å². The first-order valence-corrected chi connectivity index (χ1v) is 6.60. The second-order valence-electron chi connectivity index (χ2n) is 5.15. The molecule has 3 aliphatic rings. The standard InChI is InChI=1S/C15H17NO3/c17-10-12-8-11-6-7-14(12)16(9-11)15(18)19-13-4-2-1-3-5-13/h1-7,11-12,14,17H,8-10H2. The zero-order valence-corrected chi connectivity index (χ0v) is 10.6. The highest BCUT2D eigenvalue weighted by Gasteiger charge is 2.40. The van der Waals surface area contributed by atoms with Crippen LogP contribution < -0.4 is 4.74 Å². The Balaban J connectivity index is 1.72. The van der Waals surface area contributed by atoms with Crippen molar-refractivity contribution in [3.8, 4) is 5.75 Å².